The second-order valence-electron chi connectivity index (χ2n) is 2.97. The van der Waals surface area contributed by atoms with Gasteiger partial charge in [-0.25, -0.2) is 0 Å². The summed E-state index contributed by atoms with van der Waals surface area (Å²) in [6.45, 7) is 3.95. The Kier molecular flexibility index (Phi) is 3.09. The molecule has 1 aromatic heterocycles. The summed E-state index contributed by atoms with van der Waals surface area (Å²) in [7, 11) is 0. The van der Waals surface area contributed by atoms with Gasteiger partial charge in [0.15, 0.2) is 0 Å². The predicted molar refractivity (Wildman–Crippen MR) is 49.1 cm³/mol. The molecular formula is C9H14OS. The SMILES string of the molecule is Cc1cscc1CC[C@H](C)O. The van der Waals surface area contributed by atoms with E-state index in [9.17, 15) is 0 Å². The summed E-state index contributed by atoms with van der Waals surface area (Å²) in [6.07, 6.45) is 1.71. The van der Waals surface area contributed by atoms with Gasteiger partial charge < -0.3 is 5.11 Å². The summed E-state index contributed by atoms with van der Waals surface area (Å²) in [5.41, 5.74) is 2.74. The lowest BCUT2D eigenvalue weighted by atomic mass is 10.1. The predicted octanol–water partition coefficient (Wildman–Crippen LogP) is 2.37. The summed E-state index contributed by atoms with van der Waals surface area (Å²) in [6, 6.07) is 0. The normalized spacial score (nSPS) is 13.4. The van der Waals surface area contributed by atoms with Crippen LogP contribution in [0.3, 0.4) is 0 Å². The van der Waals surface area contributed by atoms with Crippen molar-refractivity contribution in [3.8, 4) is 0 Å². The van der Waals surface area contributed by atoms with Gasteiger partial charge in [-0.1, -0.05) is 0 Å². The van der Waals surface area contributed by atoms with Gasteiger partial charge in [-0.2, -0.15) is 11.3 Å². The molecule has 0 aliphatic rings. The Hall–Kier alpha value is -0.340. The van der Waals surface area contributed by atoms with Gasteiger partial charge in [0.2, 0.25) is 0 Å². The van der Waals surface area contributed by atoms with Crippen molar-refractivity contribution in [3.05, 3.63) is 21.9 Å². The molecule has 1 aromatic rings. The van der Waals surface area contributed by atoms with Crippen LogP contribution in [0.2, 0.25) is 0 Å². The number of hydrogen-bond acceptors (Lipinski definition) is 2. The van der Waals surface area contributed by atoms with Crippen molar-refractivity contribution in [2.24, 2.45) is 0 Å². The van der Waals surface area contributed by atoms with Gasteiger partial charge in [0.25, 0.3) is 0 Å². The zero-order valence-corrected chi connectivity index (χ0v) is 7.82. The number of aliphatic hydroxyl groups excluding tert-OH is 1. The van der Waals surface area contributed by atoms with Crippen LogP contribution in [-0.2, 0) is 6.42 Å². The van der Waals surface area contributed by atoms with Gasteiger partial charge in [-0.15, -0.1) is 0 Å². The van der Waals surface area contributed by atoms with Crippen molar-refractivity contribution < 1.29 is 5.11 Å². The molecule has 0 saturated heterocycles. The van der Waals surface area contributed by atoms with Crippen LogP contribution >= 0.6 is 11.3 Å². The second kappa shape index (κ2) is 3.88. The van der Waals surface area contributed by atoms with Crippen LogP contribution in [0, 0.1) is 6.92 Å². The molecule has 11 heavy (non-hydrogen) atoms. The molecule has 1 rings (SSSR count). The third kappa shape index (κ3) is 2.64. The molecule has 62 valence electrons. The van der Waals surface area contributed by atoms with Crippen LogP contribution in [0.1, 0.15) is 24.5 Å². The first-order valence-electron chi connectivity index (χ1n) is 3.90. The van der Waals surface area contributed by atoms with E-state index < -0.39 is 0 Å². The van der Waals surface area contributed by atoms with Crippen LogP contribution in [0.25, 0.3) is 0 Å². The smallest absolute Gasteiger partial charge is 0.0515 e. The summed E-state index contributed by atoms with van der Waals surface area (Å²) in [5.74, 6) is 0. The Balaban J connectivity index is 2.44. The van der Waals surface area contributed by atoms with Crippen LogP contribution < -0.4 is 0 Å². The van der Waals surface area contributed by atoms with E-state index in [0.29, 0.717) is 0 Å². The quantitative estimate of drug-likeness (QED) is 0.738. The third-order valence-corrected chi connectivity index (χ3v) is 2.70. The maximum atomic E-state index is 9.05. The molecule has 0 unspecified atom stereocenters. The van der Waals surface area contributed by atoms with Crippen molar-refractivity contribution in [1.82, 2.24) is 0 Å². The van der Waals surface area contributed by atoms with Crippen LogP contribution in [0.15, 0.2) is 10.8 Å². The first-order chi connectivity index (χ1) is 5.20. The highest BCUT2D eigenvalue weighted by molar-refractivity contribution is 7.08. The fourth-order valence-electron chi connectivity index (χ4n) is 1.01. The Morgan fingerprint density at radius 3 is 2.73 bits per heavy atom. The maximum absolute atomic E-state index is 9.05. The molecular weight excluding hydrogens is 156 g/mol. The number of hydrogen-bond donors (Lipinski definition) is 1. The van der Waals surface area contributed by atoms with E-state index in [2.05, 4.69) is 17.7 Å². The summed E-state index contributed by atoms with van der Waals surface area (Å²) in [4.78, 5) is 0. The third-order valence-electron chi connectivity index (χ3n) is 1.79. The number of thiophene rings is 1. The summed E-state index contributed by atoms with van der Waals surface area (Å²) in [5, 5.41) is 13.4. The molecule has 2 heteroatoms. The van der Waals surface area contributed by atoms with Gasteiger partial charge in [-0.3, -0.25) is 0 Å². The van der Waals surface area contributed by atoms with Gasteiger partial charge >= 0.3 is 0 Å². The highest BCUT2D eigenvalue weighted by Crippen LogP contribution is 2.15. The molecule has 0 saturated carbocycles. The van der Waals surface area contributed by atoms with Crippen LogP contribution in [-0.4, -0.2) is 11.2 Å². The van der Waals surface area contributed by atoms with Crippen LogP contribution in [0.5, 0.6) is 0 Å². The van der Waals surface area contributed by atoms with Crippen LogP contribution in [0.4, 0.5) is 0 Å². The first kappa shape index (κ1) is 8.75. The minimum absolute atomic E-state index is 0.172. The average molecular weight is 170 g/mol. The Morgan fingerprint density at radius 1 is 1.55 bits per heavy atom. The Bertz CT molecular complexity index is 215. The maximum Gasteiger partial charge on any atom is 0.0515 e. The monoisotopic (exact) mass is 170 g/mol. The molecule has 0 spiro atoms. The molecule has 0 aliphatic carbocycles. The lowest BCUT2D eigenvalue weighted by Crippen LogP contribution is -2.01. The van der Waals surface area contributed by atoms with Crippen molar-refractivity contribution in [2.75, 3.05) is 0 Å². The van der Waals surface area contributed by atoms with E-state index in [4.69, 9.17) is 5.11 Å². The lowest BCUT2D eigenvalue weighted by molar-refractivity contribution is 0.185. The average Bonchev–Trinajstić information content (AvgIpc) is 2.31. The van der Waals surface area contributed by atoms with Gasteiger partial charge in [-0.05, 0) is 48.6 Å². The highest BCUT2D eigenvalue weighted by atomic mass is 32.1. The van der Waals surface area contributed by atoms with Crippen molar-refractivity contribution in [3.63, 3.8) is 0 Å². The molecule has 1 heterocycles. The van der Waals surface area contributed by atoms with E-state index >= 15 is 0 Å². The van der Waals surface area contributed by atoms with E-state index in [0.717, 1.165) is 12.8 Å². The first-order valence-corrected chi connectivity index (χ1v) is 4.84. The summed E-state index contributed by atoms with van der Waals surface area (Å²) < 4.78 is 0. The second-order valence-corrected chi connectivity index (χ2v) is 3.71. The zero-order valence-electron chi connectivity index (χ0n) is 7.00. The van der Waals surface area contributed by atoms with Gasteiger partial charge in [0.05, 0.1) is 6.10 Å². The molecule has 0 amide bonds. The molecule has 0 bridgehead atoms. The molecule has 1 atom stereocenters. The summed E-state index contributed by atoms with van der Waals surface area (Å²) >= 11 is 1.74. The van der Waals surface area contributed by atoms with E-state index in [1.807, 2.05) is 6.92 Å². The molecule has 0 aliphatic heterocycles. The fraction of sp³-hybridized carbons (Fsp3) is 0.556. The molecule has 0 radical (unpaired) electrons. The Labute approximate surface area is 71.7 Å². The lowest BCUT2D eigenvalue weighted by Gasteiger charge is -2.02. The van der Waals surface area contributed by atoms with Gasteiger partial charge in [0, 0.05) is 0 Å². The number of rotatable bonds is 3. The van der Waals surface area contributed by atoms with Gasteiger partial charge in [0.1, 0.15) is 0 Å². The van der Waals surface area contributed by atoms with Crippen molar-refractivity contribution in [1.29, 1.82) is 0 Å². The number of aliphatic hydroxyl groups is 1. The fourth-order valence-corrected chi connectivity index (χ4v) is 1.90. The molecule has 1 N–H and O–H groups in total. The zero-order chi connectivity index (χ0) is 8.27. The molecule has 0 fully saturated rings. The molecule has 0 aromatic carbocycles. The minimum atomic E-state index is -0.172. The Morgan fingerprint density at radius 2 is 2.27 bits per heavy atom. The van der Waals surface area contributed by atoms with E-state index in [-0.39, 0.29) is 6.10 Å². The van der Waals surface area contributed by atoms with E-state index in [1.54, 1.807) is 11.3 Å². The van der Waals surface area contributed by atoms with Crippen molar-refractivity contribution >= 4 is 11.3 Å². The highest BCUT2D eigenvalue weighted by Gasteiger charge is 2.00. The largest absolute Gasteiger partial charge is 0.393 e. The number of aryl methyl sites for hydroxylation is 2. The topological polar surface area (TPSA) is 20.2 Å². The van der Waals surface area contributed by atoms with E-state index in [1.165, 1.54) is 11.1 Å². The molecule has 1 nitrogen and oxygen atoms in total. The standard InChI is InChI=1S/C9H14OS/c1-7-5-11-6-9(7)4-3-8(2)10/h5-6,8,10H,3-4H2,1-2H3/t8-/m0/s1. The van der Waals surface area contributed by atoms with Crippen molar-refractivity contribution in [2.45, 2.75) is 32.8 Å². The minimum Gasteiger partial charge on any atom is -0.393 e.